The zero-order valence-corrected chi connectivity index (χ0v) is 10.3. The minimum Gasteiger partial charge on any atom is -0.371 e. The molecule has 1 aliphatic heterocycles. The molecule has 1 heterocycles. The van der Waals surface area contributed by atoms with Crippen LogP contribution < -0.4 is 10.6 Å². The molecule has 3 heteroatoms. The molecule has 0 unspecified atom stereocenters. The van der Waals surface area contributed by atoms with Gasteiger partial charge in [0.15, 0.2) is 0 Å². The minimum atomic E-state index is 0.411. The van der Waals surface area contributed by atoms with E-state index in [0.29, 0.717) is 6.04 Å². The van der Waals surface area contributed by atoms with E-state index in [2.05, 4.69) is 51.8 Å². The van der Waals surface area contributed by atoms with Crippen molar-refractivity contribution in [3.8, 4) is 0 Å². The van der Waals surface area contributed by atoms with Crippen molar-refractivity contribution in [2.45, 2.75) is 18.9 Å². The quantitative estimate of drug-likeness (QED) is 0.806. The van der Waals surface area contributed by atoms with Gasteiger partial charge in [0.05, 0.1) is 0 Å². The van der Waals surface area contributed by atoms with Crippen molar-refractivity contribution in [2.24, 2.45) is 5.73 Å². The predicted molar refractivity (Wildman–Crippen MR) is 68.6 cm³/mol. The predicted octanol–water partition coefficient (Wildman–Crippen LogP) is 2.22. The number of rotatable bonds is 1. The topological polar surface area (TPSA) is 29.3 Å². The molecule has 0 bridgehead atoms. The normalized spacial score (nSPS) is 18.6. The molecule has 1 saturated heterocycles. The molecule has 2 nitrogen and oxygen atoms in total. The number of hydrogen-bond acceptors (Lipinski definition) is 2. The van der Waals surface area contributed by atoms with Gasteiger partial charge in [-0.25, -0.2) is 0 Å². The number of benzene rings is 1. The summed E-state index contributed by atoms with van der Waals surface area (Å²) in [6.07, 6.45) is 2.23. The van der Waals surface area contributed by atoms with E-state index >= 15 is 0 Å². The third kappa shape index (κ3) is 2.39. The molecule has 0 amide bonds. The first-order valence-electron chi connectivity index (χ1n) is 5.02. The number of nitrogens with zero attached hydrogens (tertiary/aromatic N) is 1. The lowest BCUT2D eigenvalue weighted by atomic mass is 10.1. The Morgan fingerprint density at radius 3 is 2.64 bits per heavy atom. The fraction of sp³-hybridized carbons (Fsp3) is 0.455. The number of hydrogen-bond donors (Lipinski definition) is 1. The molecule has 1 fully saturated rings. The van der Waals surface area contributed by atoms with Crippen LogP contribution >= 0.6 is 22.6 Å². The summed E-state index contributed by atoms with van der Waals surface area (Å²) < 4.78 is 1.30. The van der Waals surface area contributed by atoms with Gasteiger partial charge in [0.1, 0.15) is 0 Å². The van der Waals surface area contributed by atoms with Gasteiger partial charge in [0.2, 0.25) is 0 Å². The van der Waals surface area contributed by atoms with Gasteiger partial charge in [-0.15, -0.1) is 0 Å². The summed E-state index contributed by atoms with van der Waals surface area (Å²) in [7, 11) is 0. The highest BCUT2D eigenvalue weighted by Crippen LogP contribution is 2.21. The average Bonchev–Trinajstić information content (AvgIpc) is 2.19. The highest BCUT2D eigenvalue weighted by atomic mass is 127. The van der Waals surface area contributed by atoms with Gasteiger partial charge in [-0.3, -0.25) is 0 Å². The van der Waals surface area contributed by atoms with E-state index in [1.54, 1.807) is 0 Å². The maximum Gasteiger partial charge on any atom is 0.0376 e. The van der Waals surface area contributed by atoms with E-state index in [-0.39, 0.29) is 0 Å². The fourth-order valence-electron chi connectivity index (χ4n) is 1.83. The van der Waals surface area contributed by atoms with Crippen LogP contribution in [0.3, 0.4) is 0 Å². The number of anilines is 1. The zero-order chi connectivity index (χ0) is 9.97. The van der Waals surface area contributed by atoms with Crippen LogP contribution in [0.2, 0.25) is 0 Å². The van der Waals surface area contributed by atoms with Crippen LogP contribution in [0.5, 0.6) is 0 Å². The molecule has 0 aliphatic carbocycles. The van der Waals surface area contributed by atoms with Gasteiger partial charge in [0.25, 0.3) is 0 Å². The molecule has 2 rings (SSSR count). The Kier molecular flexibility index (Phi) is 3.28. The summed E-state index contributed by atoms with van der Waals surface area (Å²) in [5.74, 6) is 0. The number of piperidine rings is 1. The highest BCUT2D eigenvalue weighted by Gasteiger charge is 2.15. The van der Waals surface area contributed by atoms with Gasteiger partial charge < -0.3 is 10.6 Å². The molecule has 0 spiro atoms. The van der Waals surface area contributed by atoms with Crippen LogP contribution in [0, 0.1) is 3.57 Å². The second-order valence-electron chi connectivity index (χ2n) is 3.80. The first-order valence-corrected chi connectivity index (χ1v) is 6.09. The molecule has 0 atom stereocenters. The van der Waals surface area contributed by atoms with E-state index in [1.807, 2.05) is 0 Å². The molecule has 1 aromatic carbocycles. The van der Waals surface area contributed by atoms with E-state index in [1.165, 1.54) is 9.26 Å². The minimum absolute atomic E-state index is 0.411. The second kappa shape index (κ2) is 4.49. The van der Waals surface area contributed by atoms with Crippen molar-refractivity contribution in [2.75, 3.05) is 18.0 Å². The third-order valence-electron chi connectivity index (χ3n) is 2.71. The second-order valence-corrected chi connectivity index (χ2v) is 5.05. The molecule has 14 heavy (non-hydrogen) atoms. The maximum atomic E-state index is 5.88. The molecule has 0 aromatic heterocycles. The Labute approximate surface area is 98.6 Å². The number of halogens is 1. The van der Waals surface area contributed by atoms with Crippen molar-refractivity contribution < 1.29 is 0 Å². The van der Waals surface area contributed by atoms with E-state index in [0.717, 1.165) is 25.9 Å². The molecule has 76 valence electrons. The summed E-state index contributed by atoms with van der Waals surface area (Å²) in [5, 5.41) is 0. The van der Waals surface area contributed by atoms with Gasteiger partial charge in [-0.1, -0.05) is 6.07 Å². The Balaban J connectivity index is 2.08. The zero-order valence-electron chi connectivity index (χ0n) is 8.12. The monoisotopic (exact) mass is 302 g/mol. The Hall–Kier alpha value is -0.290. The third-order valence-corrected chi connectivity index (χ3v) is 3.38. The van der Waals surface area contributed by atoms with Gasteiger partial charge in [0, 0.05) is 28.4 Å². The highest BCUT2D eigenvalue weighted by molar-refractivity contribution is 14.1. The van der Waals surface area contributed by atoms with Crippen molar-refractivity contribution in [3.63, 3.8) is 0 Å². The van der Waals surface area contributed by atoms with Crippen LogP contribution in [0.15, 0.2) is 24.3 Å². The first kappa shape index (κ1) is 10.2. The summed E-state index contributed by atoms with van der Waals surface area (Å²) in [4.78, 5) is 2.42. The molecule has 0 radical (unpaired) electrons. The van der Waals surface area contributed by atoms with Crippen LogP contribution in [0.4, 0.5) is 5.69 Å². The molecular formula is C11H15IN2. The largest absolute Gasteiger partial charge is 0.371 e. The van der Waals surface area contributed by atoms with E-state index in [9.17, 15) is 0 Å². The van der Waals surface area contributed by atoms with Crippen LogP contribution in [0.1, 0.15) is 12.8 Å². The molecular weight excluding hydrogens is 287 g/mol. The molecule has 2 N–H and O–H groups in total. The fourth-order valence-corrected chi connectivity index (χ4v) is 2.36. The Morgan fingerprint density at radius 1 is 1.29 bits per heavy atom. The van der Waals surface area contributed by atoms with Crippen molar-refractivity contribution in [3.05, 3.63) is 27.8 Å². The van der Waals surface area contributed by atoms with Crippen molar-refractivity contribution in [1.82, 2.24) is 0 Å². The van der Waals surface area contributed by atoms with E-state index < -0.39 is 0 Å². The number of nitrogens with two attached hydrogens (primary N) is 1. The average molecular weight is 302 g/mol. The summed E-state index contributed by atoms with van der Waals surface area (Å²) in [6, 6.07) is 9.07. The van der Waals surface area contributed by atoms with Gasteiger partial charge in [-0.2, -0.15) is 0 Å². The smallest absolute Gasteiger partial charge is 0.0376 e. The van der Waals surface area contributed by atoms with Crippen LogP contribution in [-0.2, 0) is 0 Å². The summed E-state index contributed by atoms with van der Waals surface area (Å²) in [5.41, 5.74) is 7.21. The van der Waals surface area contributed by atoms with Crippen molar-refractivity contribution >= 4 is 28.3 Å². The Morgan fingerprint density at radius 2 is 2.00 bits per heavy atom. The van der Waals surface area contributed by atoms with Gasteiger partial charge in [-0.05, 0) is 53.6 Å². The van der Waals surface area contributed by atoms with Crippen molar-refractivity contribution in [1.29, 1.82) is 0 Å². The lowest BCUT2D eigenvalue weighted by Crippen LogP contribution is -2.39. The maximum absolute atomic E-state index is 5.88. The lowest BCUT2D eigenvalue weighted by molar-refractivity contribution is 0.501. The molecule has 0 saturated carbocycles. The standard InChI is InChI=1S/C11H15IN2/c12-9-2-1-3-11(8-9)14-6-4-10(13)5-7-14/h1-3,8,10H,4-7,13H2. The molecule has 1 aliphatic rings. The SMILES string of the molecule is NC1CCN(c2cccc(I)c2)CC1. The lowest BCUT2D eigenvalue weighted by Gasteiger charge is -2.32. The molecule has 1 aromatic rings. The Bertz CT molecular complexity index is 306. The van der Waals surface area contributed by atoms with Gasteiger partial charge >= 0.3 is 0 Å². The summed E-state index contributed by atoms with van der Waals surface area (Å²) >= 11 is 2.35. The first-order chi connectivity index (χ1) is 6.75. The van der Waals surface area contributed by atoms with Crippen LogP contribution in [-0.4, -0.2) is 19.1 Å². The van der Waals surface area contributed by atoms with E-state index in [4.69, 9.17) is 5.73 Å². The summed E-state index contributed by atoms with van der Waals surface area (Å²) in [6.45, 7) is 2.20. The van der Waals surface area contributed by atoms with Crippen LogP contribution in [0.25, 0.3) is 0 Å².